The van der Waals surface area contributed by atoms with Crippen LogP contribution in [0.1, 0.15) is 11.7 Å². The van der Waals surface area contributed by atoms with Gasteiger partial charge >= 0.3 is 0 Å². The molecular weight excluding hydrogens is 268 g/mol. The lowest BCUT2D eigenvalue weighted by atomic mass is 10.2. The second kappa shape index (κ2) is 4.23. The van der Waals surface area contributed by atoms with E-state index in [2.05, 4.69) is 4.98 Å². The summed E-state index contributed by atoms with van der Waals surface area (Å²) in [4.78, 5) is 17.1. The Labute approximate surface area is 113 Å². The second-order valence-electron chi connectivity index (χ2n) is 3.90. The Hall–Kier alpha value is -1.65. The van der Waals surface area contributed by atoms with Crippen LogP contribution in [-0.4, -0.2) is 15.5 Å². The van der Waals surface area contributed by atoms with Gasteiger partial charge < -0.3 is 0 Å². The molecule has 3 aromatic rings. The number of halogens is 1. The maximum absolute atomic E-state index is 11.8. The van der Waals surface area contributed by atoms with E-state index in [1.54, 1.807) is 10.6 Å². The maximum atomic E-state index is 11.8. The smallest absolute Gasteiger partial charge is 0.230 e. The molecule has 0 aliphatic heterocycles. The summed E-state index contributed by atoms with van der Waals surface area (Å²) in [6.45, 7) is 1.53. The lowest BCUT2D eigenvalue weighted by molar-refractivity contribution is 0.0943. The van der Waals surface area contributed by atoms with E-state index in [4.69, 9.17) is 11.6 Å². The van der Waals surface area contributed by atoms with Crippen LogP contribution in [0.3, 0.4) is 0 Å². The molecule has 0 bridgehead atoms. The van der Waals surface area contributed by atoms with Gasteiger partial charge in [-0.2, -0.15) is 0 Å². The molecule has 0 atom stereocenters. The third-order valence-electron chi connectivity index (χ3n) is 2.65. The Kier molecular flexibility index (Phi) is 2.69. The monoisotopic (exact) mass is 276 g/mol. The average molecular weight is 277 g/mol. The van der Waals surface area contributed by atoms with Gasteiger partial charge in [0, 0.05) is 12.5 Å². The predicted molar refractivity (Wildman–Crippen MR) is 74.4 cm³/mol. The van der Waals surface area contributed by atoms with Crippen LogP contribution in [0.2, 0.25) is 4.34 Å². The van der Waals surface area contributed by atoms with E-state index in [9.17, 15) is 4.79 Å². The summed E-state index contributed by atoms with van der Waals surface area (Å²) in [6.07, 6.45) is 0. The number of nitrogens with zero attached hydrogens (tertiary/aromatic N) is 2. The standard InChI is InChI=1S/C13H9ClN2OS/c1-8(17)16-12(9-5-3-2-4-6-9)15-10-7-11(14)18-13(10)16/h2-7H,1H3. The van der Waals surface area contributed by atoms with E-state index in [1.807, 2.05) is 30.3 Å². The minimum atomic E-state index is -0.0603. The van der Waals surface area contributed by atoms with Crippen molar-refractivity contribution >= 4 is 39.2 Å². The van der Waals surface area contributed by atoms with Crippen molar-refractivity contribution in [1.82, 2.24) is 9.55 Å². The zero-order chi connectivity index (χ0) is 12.7. The van der Waals surface area contributed by atoms with E-state index in [0.717, 1.165) is 15.9 Å². The molecule has 3 nitrogen and oxygen atoms in total. The highest BCUT2D eigenvalue weighted by atomic mass is 35.5. The van der Waals surface area contributed by atoms with Crippen LogP contribution in [0.5, 0.6) is 0 Å². The zero-order valence-corrected chi connectivity index (χ0v) is 11.1. The van der Waals surface area contributed by atoms with Crippen LogP contribution < -0.4 is 0 Å². The second-order valence-corrected chi connectivity index (χ2v) is 5.56. The summed E-state index contributed by atoms with van der Waals surface area (Å²) in [5.41, 5.74) is 1.69. The molecule has 0 radical (unpaired) electrons. The Morgan fingerprint density at radius 3 is 2.72 bits per heavy atom. The topological polar surface area (TPSA) is 34.9 Å². The van der Waals surface area contributed by atoms with E-state index in [-0.39, 0.29) is 5.91 Å². The Balaban J connectivity index is 2.32. The lowest BCUT2D eigenvalue weighted by Gasteiger charge is -2.03. The molecule has 0 N–H and O–H groups in total. The third kappa shape index (κ3) is 1.74. The number of hydrogen-bond acceptors (Lipinski definition) is 3. The van der Waals surface area contributed by atoms with Gasteiger partial charge in [0.25, 0.3) is 0 Å². The summed E-state index contributed by atoms with van der Waals surface area (Å²) >= 11 is 7.32. The number of imidazole rings is 1. The van der Waals surface area contributed by atoms with Crippen LogP contribution in [-0.2, 0) is 0 Å². The van der Waals surface area contributed by atoms with Crippen LogP contribution in [0.15, 0.2) is 36.4 Å². The molecular formula is C13H9ClN2OS. The number of hydrogen-bond donors (Lipinski definition) is 0. The minimum absolute atomic E-state index is 0.0603. The van der Waals surface area contributed by atoms with Crippen molar-refractivity contribution in [3.05, 3.63) is 40.7 Å². The summed E-state index contributed by atoms with van der Waals surface area (Å²) in [7, 11) is 0. The highest BCUT2D eigenvalue weighted by Gasteiger charge is 2.17. The van der Waals surface area contributed by atoms with Crippen molar-refractivity contribution in [2.45, 2.75) is 6.92 Å². The van der Waals surface area contributed by atoms with Gasteiger partial charge in [-0.05, 0) is 6.07 Å². The van der Waals surface area contributed by atoms with Crippen molar-refractivity contribution in [1.29, 1.82) is 0 Å². The van der Waals surface area contributed by atoms with Crippen LogP contribution >= 0.6 is 22.9 Å². The van der Waals surface area contributed by atoms with Gasteiger partial charge in [0.2, 0.25) is 5.91 Å². The van der Waals surface area contributed by atoms with Gasteiger partial charge in [-0.25, -0.2) is 4.98 Å². The Bertz CT molecular complexity index is 730. The number of benzene rings is 1. The van der Waals surface area contributed by atoms with Gasteiger partial charge in [-0.15, -0.1) is 11.3 Å². The van der Waals surface area contributed by atoms with E-state index in [1.165, 1.54) is 18.3 Å². The molecule has 0 unspecified atom stereocenters. The molecule has 0 saturated carbocycles. The molecule has 2 aromatic heterocycles. The molecule has 1 aromatic carbocycles. The number of fused-ring (bicyclic) bond motifs is 1. The fourth-order valence-corrected chi connectivity index (χ4v) is 3.11. The quantitative estimate of drug-likeness (QED) is 0.671. The first-order valence-corrected chi connectivity index (χ1v) is 6.60. The highest BCUT2D eigenvalue weighted by Crippen LogP contribution is 2.33. The van der Waals surface area contributed by atoms with E-state index in [0.29, 0.717) is 10.2 Å². The number of thiophene rings is 1. The number of carbonyl (C=O) groups is 1. The number of aromatic nitrogens is 2. The van der Waals surface area contributed by atoms with Crippen molar-refractivity contribution in [2.24, 2.45) is 0 Å². The third-order valence-corrected chi connectivity index (χ3v) is 3.89. The van der Waals surface area contributed by atoms with Gasteiger partial charge in [0.05, 0.1) is 4.34 Å². The molecule has 0 amide bonds. The van der Waals surface area contributed by atoms with Gasteiger partial charge in [-0.1, -0.05) is 41.9 Å². The van der Waals surface area contributed by atoms with Gasteiger partial charge in [0.15, 0.2) is 0 Å². The van der Waals surface area contributed by atoms with Gasteiger partial charge in [-0.3, -0.25) is 9.36 Å². The molecule has 2 heterocycles. The Morgan fingerprint density at radius 2 is 2.06 bits per heavy atom. The van der Waals surface area contributed by atoms with E-state index >= 15 is 0 Å². The number of carbonyl (C=O) groups excluding carboxylic acids is 1. The molecule has 3 rings (SSSR count). The largest absolute Gasteiger partial charge is 0.274 e. The van der Waals surface area contributed by atoms with Crippen LogP contribution in [0.4, 0.5) is 0 Å². The van der Waals surface area contributed by atoms with Crippen molar-refractivity contribution < 1.29 is 4.79 Å². The first-order valence-electron chi connectivity index (χ1n) is 5.41. The summed E-state index contributed by atoms with van der Waals surface area (Å²) in [6, 6.07) is 11.4. The zero-order valence-electron chi connectivity index (χ0n) is 9.55. The predicted octanol–water partition coefficient (Wildman–Crippen LogP) is 4.08. The molecule has 18 heavy (non-hydrogen) atoms. The lowest BCUT2D eigenvalue weighted by Crippen LogP contribution is -2.06. The normalized spacial score (nSPS) is 11.0. The molecule has 0 saturated heterocycles. The maximum Gasteiger partial charge on any atom is 0.230 e. The fraction of sp³-hybridized carbons (Fsp3) is 0.0769. The minimum Gasteiger partial charge on any atom is -0.274 e. The van der Waals surface area contributed by atoms with Crippen LogP contribution in [0, 0.1) is 0 Å². The molecule has 0 fully saturated rings. The summed E-state index contributed by atoms with van der Waals surface area (Å²) in [5, 5.41) is 0. The SMILES string of the molecule is CC(=O)n1c(-c2ccccc2)nc2cc(Cl)sc21. The fourth-order valence-electron chi connectivity index (χ4n) is 1.92. The molecule has 5 heteroatoms. The first kappa shape index (κ1) is 11.4. The van der Waals surface area contributed by atoms with Crippen molar-refractivity contribution in [2.75, 3.05) is 0 Å². The summed E-state index contributed by atoms with van der Waals surface area (Å²) in [5.74, 6) is 0.607. The average Bonchev–Trinajstić information content (AvgIpc) is 2.85. The highest BCUT2D eigenvalue weighted by molar-refractivity contribution is 7.22. The van der Waals surface area contributed by atoms with Gasteiger partial charge in [0.1, 0.15) is 16.2 Å². The molecule has 0 aliphatic rings. The first-order chi connectivity index (χ1) is 8.66. The molecule has 0 aliphatic carbocycles. The van der Waals surface area contributed by atoms with Crippen molar-refractivity contribution in [3.63, 3.8) is 0 Å². The van der Waals surface area contributed by atoms with Crippen LogP contribution in [0.25, 0.3) is 21.7 Å². The van der Waals surface area contributed by atoms with E-state index < -0.39 is 0 Å². The van der Waals surface area contributed by atoms with Crippen molar-refractivity contribution in [3.8, 4) is 11.4 Å². The molecule has 90 valence electrons. The number of rotatable bonds is 1. The molecule has 0 spiro atoms. The summed E-state index contributed by atoms with van der Waals surface area (Å²) < 4.78 is 2.25. The Morgan fingerprint density at radius 1 is 1.33 bits per heavy atom.